The van der Waals surface area contributed by atoms with Crippen molar-refractivity contribution in [2.45, 2.75) is 25.6 Å². The minimum absolute atomic E-state index is 0.0397. The van der Waals surface area contributed by atoms with Gasteiger partial charge in [-0.05, 0) is 80.5 Å². The molecule has 0 saturated carbocycles. The SMILES string of the molecule is O=C(Nc1ccc(Oc2ccc3ncc(CN4CCCC4)nc3c2)cc1)Nc1ccc(Cl)c(C(F)(F)F)c1. The number of carbonyl (C=O) groups is 1. The van der Waals surface area contributed by atoms with Crippen LogP contribution in [-0.2, 0) is 12.7 Å². The van der Waals surface area contributed by atoms with E-state index in [9.17, 15) is 18.0 Å². The Kier molecular flexibility index (Phi) is 7.35. The van der Waals surface area contributed by atoms with Crippen molar-refractivity contribution in [1.29, 1.82) is 0 Å². The van der Waals surface area contributed by atoms with Gasteiger partial charge < -0.3 is 15.4 Å². The second-order valence-corrected chi connectivity index (χ2v) is 9.30. The number of carbonyl (C=O) groups excluding carboxylic acids is 1. The van der Waals surface area contributed by atoms with Crippen molar-refractivity contribution in [3.63, 3.8) is 0 Å². The summed E-state index contributed by atoms with van der Waals surface area (Å²) in [6, 6.07) is 14.5. The molecule has 1 saturated heterocycles. The number of nitrogens with zero attached hydrogens (tertiary/aromatic N) is 3. The maximum Gasteiger partial charge on any atom is 0.417 e. The summed E-state index contributed by atoms with van der Waals surface area (Å²) in [6.07, 6.45) is -0.397. The van der Waals surface area contributed by atoms with Gasteiger partial charge in [-0.3, -0.25) is 9.88 Å². The third kappa shape index (κ3) is 6.32. The molecule has 38 heavy (non-hydrogen) atoms. The summed E-state index contributed by atoms with van der Waals surface area (Å²) in [7, 11) is 0. The van der Waals surface area contributed by atoms with Gasteiger partial charge in [0.1, 0.15) is 11.5 Å². The lowest BCUT2D eigenvalue weighted by Crippen LogP contribution is -2.19. The summed E-state index contributed by atoms with van der Waals surface area (Å²) < 4.78 is 45.1. The van der Waals surface area contributed by atoms with Crippen molar-refractivity contribution in [3.8, 4) is 11.5 Å². The topological polar surface area (TPSA) is 79.4 Å². The molecule has 7 nitrogen and oxygen atoms in total. The lowest BCUT2D eigenvalue weighted by Gasteiger charge is -2.14. The number of aromatic nitrogens is 2. The van der Waals surface area contributed by atoms with Crippen LogP contribution in [0.5, 0.6) is 11.5 Å². The maximum absolute atomic E-state index is 13.0. The van der Waals surface area contributed by atoms with Crippen LogP contribution in [0.15, 0.2) is 66.9 Å². The van der Waals surface area contributed by atoms with E-state index >= 15 is 0 Å². The van der Waals surface area contributed by atoms with Crippen molar-refractivity contribution >= 4 is 40.0 Å². The zero-order chi connectivity index (χ0) is 26.7. The number of urea groups is 1. The number of hydrogen-bond donors (Lipinski definition) is 2. The Hall–Kier alpha value is -3.89. The van der Waals surface area contributed by atoms with Crippen molar-refractivity contribution in [2.24, 2.45) is 0 Å². The third-order valence-electron chi connectivity index (χ3n) is 6.03. The molecule has 3 aromatic carbocycles. The van der Waals surface area contributed by atoms with Gasteiger partial charge in [0.2, 0.25) is 0 Å². The maximum atomic E-state index is 13.0. The molecule has 1 fully saturated rings. The fourth-order valence-electron chi connectivity index (χ4n) is 4.20. The van der Waals surface area contributed by atoms with E-state index in [2.05, 4.69) is 20.5 Å². The quantitative estimate of drug-likeness (QED) is 0.267. The zero-order valence-corrected chi connectivity index (χ0v) is 20.8. The summed E-state index contributed by atoms with van der Waals surface area (Å²) in [6.45, 7) is 2.93. The minimum Gasteiger partial charge on any atom is -0.457 e. The molecule has 1 aromatic heterocycles. The molecule has 1 aliphatic heterocycles. The van der Waals surface area contributed by atoms with E-state index in [4.69, 9.17) is 21.3 Å². The number of nitrogens with one attached hydrogen (secondary N) is 2. The van der Waals surface area contributed by atoms with Crippen LogP contribution < -0.4 is 15.4 Å². The van der Waals surface area contributed by atoms with E-state index in [0.29, 0.717) is 17.2 Å². The number of hydrogen-bond acceptors (Lipinski definition) is 5. The van der Waals surface area contributed by atoms with E-state index in [1.807, 2.05) is 18.3 Å². The van der Waals surface area contributed by atoms with Crippen LogP contribution in [0.3, 0.4) is 0 Å². The highest BCUT2D eigenvalue weighted by atomic mass is 35.5. The Morgan fingerprint density at radius 3 is 2.34 bits per heavy atom. The van der Waals surface area contributed by atoms with Crippen molar-refractivity contribution in [3.05, 3.63) is 83.1 Å². The van der Waals surface area contributed by atoms with Gasteiger partial charge in [0.05, 0.1) is 33.5 Å². The summed E-state index contributed by atoms with van der Waals surface area (Å²) in [5.41, 5.74) is 1.79. The Morgan fingerprint density at radius 1 is 0.921 bits per heavy atom. The number of rotatable bonds is 6. The number of anilines is 2. The molecule has 11 heteroatoms. The molecule has 0 spiro atoms. The number of ether oxygens (including phenoxy) is 1. The molecule has 0 unspecified atom stereocenters. The molecule has 0 radical (unpaired) electrons. The monoisotopic (exact) mass is 541 g/mol. The first-order valence-corrected chi connectivity index (χ1v) is 12.3. The van der Waals surface area contributed by atoms with Gasteiger partial charge in [0, 0.05) is 24.0 Å². The molecule has 2 amide bonds. The van der Waals surface area contributed by atoms with Gasteiger partial charge in [-0.25, -0.2) is 9.78 Å². The van der Waals surface area contributed by atoms with Gasteiger partial charge in [-0.15, -0.1) is 0 Å². The Bertz CT molecular complexity index is 1460. The Labute approximate surface area is 221 Å². The summed E-state index contributed by atoms with van der Waals surface area (Å²) in [4.78, 5) is 23.9. The second-order valence-electron chi connectivity index (χ2n) is 8.89. The number of benzene rings is 3. The largest absolute Gasteiger partial charge is 0.457 e. The average Bonchev–Trinajstić information content (AvgIpc) is 3.38. The molecule has 1 aliphatic rings. The Morgan fingerprint density at radius 2 is 1.61 bits per heavy atom. The van der Waals surface area contributed by atoms with Crippen molar-refractivity contribution in [2.75, 3.05) is 23.7 Å². The Balaban J connectivity index is 1.21. The molecule has 196 valence electrons. The van der Waals surface area contributed by atoms with Gasteiger partial charge in [0.25, 0.3) is 0 Å². The summed E-state index contributed by atoms with van der Waals surface area (Å²) in [5, 5.41) is 4.50. The molecule has 0 atom stereocenters. The first-order valence-electron chi connectivity index (χ1n) is 11.9. The molecular formula is C27H23ClF3N5O2. The predicted octanol–water partition coefficient (Wildman–Crippen LogP) is 7.33. The first kappa shape index (κ1) is 25.7. The molecule has 2 N–H and O–H groups in total. The molecule has 4 aromatic rings. The van der Waals surface area contributed by atoms with Gasteiger partial charge >= 0.3 is 12.2 Å². The van der Waals surface area contributed by atoms with Crippen LogP contribution in [-0.4, -0.2) is 34.0 Å². The highest BCUT2D eigenvalue weighted by molar-refractivity contribution is 6.31. The number of fused-ring (bicyclic) bond motifs is 1. The van der Waals surface area contributed by atoms with Crippen molar-refractivity contribution < 1.29 is 22.7 Å². The summed E-state index contributed by atoms with van der Waals surface area (Å²) in [5.74, 6) is 1.12. The van der Waals surface area contributed by atoms with Crippen LogP contribution >= 0.6 is 11.6 Å². The molecular weight excluding hydrogens is 519 g/mol. The van der Waals surface area contributed by atoms with Crippen LogP contribution in [0.25, 0.3) is 11.0 Å². The first-order chi connectivity index (χ1) is 18.2. The van der Waals surface area contributed by atoms with E-state index < -0.39 is 22.8 Å². The smallest absolute Gasteiger partial charge is 0.417 e. The highest BCUT2D eigenvalue weighted by Gasteiger charge is 2.33. The highest BCUT2D eigenvalue weighted by Crippen LogP contribution is 2.36. The van der Waals surface area contributed by atoms with Gasteiger partial charge in [0.15, 0.2) is 0 Å². The predicted molar refractivity (Wildman–Crippen MR) is 140 cm³/mol. The lowest BCUT2D eigenvalue weighted by molar-refractivity contribution is -0.137. The van der Waals surface area contributed by atoms with Gasteiger partial charge in [-0.2, -0.15) is 13.2 Å². The standard InChI is InChI=1S/C27H23ClF3N5O2/c28-23-9-5-18(13-22(23)27(29,30)31)35-26(37)34-17-3-6-20(7-4-17)38-21-8-10-24-25(14-21)33-19(15-32-24)16-36-11-1-2-12-36/h3-10,13-15H,1-2,11-12,16H2,(H2,34,35,37). The van der Waals surface area contributed by atoms with E-state index in [0.717, 1.165) is 48.5 Å². The van der Waals surface area contributed by atoms with Crippen LogP contribution in [0.4, 0.5) is 29.3 Å². The van der Waals surface area contributed by atoms with Crippen LogP contribution in [0.1, 0.15) is 24.1 Å². The second kappa shape index (κ2) is 10.8. The molecule has 5 rings (SSSR count). The van der Waals surface area contributed by atoms with Gasteiger partial charge in [-0.1, -0.05) is 11.6 Å². The number of amides is 2. The van der Waals surface area contributed by atoms with E-state index in [-0.39, 0.29) is 5.69 Å². The average molecular weight is 542 g/mol. The van der Waals surface area contributed by atoms with Crippen LogP contribution in [0.2, 0.25) is 5.02 Å². The molecule has 2 heterocycles. The molecule has 0 bridgehead atoms. The van der Waals surface area contributed by atoms with Crippen LogP contribution in [0, 0.1) is 0 Å². The van der Waals surface area contributed by atoms with E-state index in [1.165, 1.54) is 18.9 Å². The zero-order valence-electron chi connectivity index (χ0n) is 20.1. The fourth-order valence-corrected chi connectivity index (χ4v) is 4.42. The number of likely N-dealkylation sites (tertiary alicyclic amines) is 1. The van der Waals surface area contributed by atoms with Crippen molar-refractivity contribution in [1.82, 2.24) is 14.9 Å². The number of alkyl halides is 3. The molecule has 0 aliphatic carbocycles. The summed E-state index contributed by atoms with van der Waals surface area (Å²) >= 11 is 5.62. The fraction of sp³-hybridized carbons (Fsp3) is 0.222. The lowest BCUT2D eigenvalue weighted by atomic mass is 10.2. The normalized spacial score (nSPS) is 14.0. The van der Waals surface area contributed by atoms with E-state index in [1.54, 1.807) is 30.3 Å². The third-order valence-corrected chi connectivity index (χ3v) is 6.35. The number of halogens is 4. The minimum atomic E-state index is -4.63.